The molecule has 3 heterocycles. The molecule has 0 unspecified atom stereocenters. The summed E-state index contributed by atoms with van der Waals surface area (Å²) >= 11 is 0. The summed E-state index contributed by atoms with van der Waals surface area (Å²) in [6.07, 6.45) is -1.09. The fraction of sp³-hybridized carbons (Fsp3) is 0.357. The van der Waals surface area contributed by atoms with Crippen molar-refractivity contribution in [1.82, 2.24) is 29.7 Å². The molecule has 0 bridgehead atoms. The second kappa shape index (κ2) is 10.9. The molecule has 1 aliphatic heterocycles. The summed E-state index contributed by atoms with van der Waals surface area (Å²) in [5.41, 5.74) is 4.14. The van der Waals surface area contributed by atoms with Crippen molar-refractivity contribution in [3.05, 3.63) is 76.2 Å². The molecule has 40 heavy (non-hydrogen) atoms. The number of benzene rings is 2. The minimum Gasteiger partial charge on any atom is -0.379 e. The van der Waals surface area contributed by atoms with Crippen LogP contribution in [0.2, 0.25) is 0 Å². The zero-order chi connectivity index (χ0) is 28.6. The average molecular weight is 554 g/mol. The van der Waals surface area contributed by atoms with Crippen molar-refractivity contribution in [2.45, 2.75) is 33.5 Å². The van der Waals surface area contributed by atoms with Gasteiger partial charge in [0.1, 0.15) is 5.69 Å². The third kappa shape index (κ3) is 5.63. The number of alkyl halides is 3. The average Bonchev–Trinajstić information content (AvgIpc) is 3.52. The van der Waals surface area contributed by atoms with Gasteiger partial charge in [-0.3, -0.25) is 14.4 Å². The highest BCUT2D eigenvalue weighted by molar-refractivity contribution is 6.04. The number of halogens is 3. The number of nitrogens with zero attached hydrogens (tertiary/aromatic N) is 6. The first kappa shape index (κ1) is 27.5. The maximum atomic E-state index is 13.9. The molecule has 210 valence electrons. The Labute approximate surface area is 229 Å². The normalized spacial score (nSPS) is 14.5. The number of hydrogen-bond donors (Lipinski definition) is 1. The van der Waals surface area contributed by atoms with Crippen LogP contribution in [0.5, 0.6) is 0 Å². The van der Waals surface area contributed by atoms with Gasteiger partial charge in [0.25, 0.3) is 5.91 Å². The second-order valence-corrected chi connectivity index (χ2v) is 9.97. The third-order valence-electron chi connectivity index (χ3n) is 7.30. The van der Waals surface area contributed by atoms with E-state index in [0.717, 1.165) is 22.9 Å². The van der Waals surface area contributed by atoms with Crippen molar-refractivity contribution in [3.8, 4) is 16.9 Å². The lowest BCUT2D eigenvalue weighted by atomic mass is 9.99. The first-order valence-electron chi connectivity index (χ1n) is 12.9. The highest BCUT2D eigenvalue weighted by Gasteiger charge is 2.34. The Morgan fingerprint density at radius 1 is 1.10 bits per heavy atom. The van der Waals surface area contributed by atoms with Gasteiger partial charge >= 0.3 is 6.18 Å². The van der Waals surface area contributed by atoms with Gasteiger partial charge < -0.3 is 10.1 Å². The molecule has 0 radical (unpaired) electrons. The van der Waals surface area contributed by atoms with Crippen LogP contribution in [0, 0.1) is 20.8 Å². The van der Waals surface area contributed by atoms with E-state index in [0.29, 0.717) is 49.8 Å². The molecule has 1 fully saturated rings. The molecule has 1 amide bonds. The summed E-state index contributed by atoms with van der Waals surface area (Å²) in [5, 5.41) is 15.4. The van der Waals surface area contributed by atoms with E-state index in [1.807, 2.05) is 25.8 Å². The molecule has 12 heteroatoms. The van der Waals surface area contributed by atoms with E-state index in [1.165, 1.54) is 6.92 Å². The predicted octanol–water partition coefficient (Wildman–Crippen LogP) is 4.70. The molecule has 0 saturated carbocycles. The summed E-state index contributed by atoms with van der Waals surface area (Å²) < 4.78 is 50.4. The van der Waals surface area contributed by atoms with Crippen LogP contribution in [0.4, 0.5) is 18.9 Å². The Morgan fingerprint density at radius 3 is 2.52 bits per heavy atom. The quantitative estimate of drug-likeness (QED) is 0.373. The summed E-state index contributed by atoms with van der Waals surface area (Å²) in [5.74, 6) is -0.529. The van der Waals surface area contributed by atoms with Crippen molar-refractivity contribution in [2.75, 3.05) is 31.6 Å². The number of anilines is 1. The van der Waals surface area contributed by atoms with E-state index in [-0.39, 0.29) is 16.8 Å². The van der Waals surface area contributed by atoms with Crippen molar-refractivity contribution < 1.29 is 22.7 Å². The molecule has 2 aromatic heterocycles. The topological polar surface area (TPSA) is 90.1 Å². The maximum Gasteiger partial charge on any atom is 0.416 e. The Kier molecular flexibility index (Phi) is 7.47. The fourth-order valence-corrected chi connectivity index (χ4v) is 4.76. The number of aromatic nitrogens is 5. The van der Waals surface area contributed by atoms with E-state index in [9.17, 15) is 18.0 Å². The molecule has 9 nitrogen and oxygen atoms in total. The van der Waals surface area contributed by atoms with E-state index < -0.39 is 17.6 Å². The Hall–Kier alpha value is -4.03. The number of amides is 1. The van der Waals surface area contributed by atoms with Gasteiger partial charge in [0, 0.05) is 49.2 Å². The molecule has 1 N–H and O–H groups in total. The van der Waals surface area contributed by atoms with Crippen LogP contribution in [-0.2, 0) is 24.5 Å². The highest BCUT2D eigenvalue weighted by Crippen LogP contribution is 2.36. The lowest BCUT2D eigenvalue weighted by Gasteiger charge is -2.28. The fourth-order valence-electron chi connectivity index (χ4n) is 4.76. The van der Waals surface area contributed by atoms with Crippen molar-refractivity contribution in [1.29, 1.82) is 0 Å². The molecule has 1 saturated heterocycles. The van der Waals surface area contributed by atoms with Gasteiger partial charge in [0.15, 0.2) is 0 Å². The number of rotatable bonds is 6. The number of nitrogens with one attached hydrogen (secondary N) is 1. The largest absolute Gasteiger partial charge is 0.416 e. The van der Waals surface area contributed by atoms with Gasteiger partial charge in [0.05, 0.1) is 36.9 Å². The minimum absolute atomic E-state index is 0.0865. The predicted molar refractivity (Wildman–Crippen MR) is 143 cm³/mol. The molecule has 4 aromatic rings. The van der Waals surface area contributed by atoms with E-state index in [2.05, 4.69) is 20.7 Å². The van der Waals surface area contributed by atoms with Crippen LogP contribution in [0.1, 0.15) is 38.3 Å². The maximum absolute atomic E-state index is 13.9. The molecule has 2 aromatic carbocycles. The number of morpholine rings is 1. The van der Waals surface area contributed by atoms with E-state index in [4.69, 9.17) is 4.74 Å². The minimum atomic E-state index is -4.56. The first-order valence-corrected chi connectivity index (χ1v) is 12.9. The van der Waals surface area contributed by atoms with Crippen molar-refractivity contribution >= 4 is 11.6 Å². The number of hydrogen-bond acceptors (Lipinski definition) is 6. The van der Waals surface area contributed by atoms with Gasteiger partial charge in [0.2, 0.25) is 0 Å². The number of carbonyl (C=O) groups excluding carboxylic acids is 1. The van der Waals surface area contributed by atoms with Gasteiger partial charge in [-0.15, -0.1) is 5.10 Å². The SMILES string of the molecule is Cc1ccc(C(=O)Nc2cc(CN3CCOCC3)c(C)c(C(F)(F)F)c2)cc1-n1cc(-c2cnn(C)c2C)nn1. The zero-order valence-electron chi connectivity index (χ0n) is 22.7. The number of ether oxygens (including phenoxy) is 1. The summed E-state index contributed by atoms with van der Waals surface area (Å²) in [4.78, 5) is 15.3. The number of carbonyl (C=O) groups is 1. The highest BCUT2D eigenvalue weighted by atomic mass is 19.4. The molecule has 5 rings (SSSR count). The molecule has 1 aliphatic rings. The Balaban J connectivity index is 1.42. The van der Waals surface area contributed by atoms with Gasteiger partial charge in [-0.05, 0) is 61.7 Å². The van der Waals surface area contributed by atoms with Gasteiger partial charge in [-0.1, -0.05) is 11.3 Å². The zero-order valence-corrected chi connectivity index (χ0v) is 22.7. The first-order chi connectivity index (χ1) is 19.0. The Bertz CT molecular complexity index is 1550. The van der Waals surface area contributed by atoms with E-state index >= 15 is 0 Å². The monoisotopic (exact) mass is 553 g/mol. The van der Waals surface area contributed by atoms with Crippen molar-refractivity contribution in [2.24, 2.45) is 7.05 Å². The smallest absolute Gasteiger partial charge is 0.379 e. The molecular formula is C28H30F3N7O2. The van der Waals surface area contributed by atoms with E-state index in [1.54, 1.807) is 46.0 Å². The molecular weight excluding hydrogens is 523 g/mol. The molecule has 0 spiro atoms. The summed E-state index contributed by atoms with van der Waals surface area (Å²) in [6, 6.07) is 7.65. The summed E-state index contributed by atoms with van der Waals surface area (Å²) in [6.45, 7) is 7.94. The van der Waals surface area contributed by atoms with Gasteiger partial charge in [-0.2, -0.15) is 18.3 Å². The van der Waals surface area contributed by atoms with Crippen LogP contribution in [0.3, 0.4) is 0 Å². The van der Waals surface area contributed by atoms with Crippen LogP contribution < -0.4 is 5.32 Å². The second-order valence-electron chi connectivity index (χ2n) is 9.97. The summed E-state index contributed by atoms with van der Waals surface area (Å²) in [7, 11) is 1.84. The van der Waals surface area contributed by atoms with Crippen LogP contribution in [0.15, 0.2) is 42.7 Å². The van der Waals surface area contributed by atoms with Crippen molar-refractivity contribution in [3.63, 3.8) is 0 Å². The lowest BCUT2D eigenvalue weighted by molar-refractivity contribution is -0.138. The Morgan fingerprint density at radius 2 is 1.85 bits per heavy atom. The standard InChI is InChI=1S/C28H30F3N7O2/c1-17-5-6-20(12-26(17)38-16-25(34-35-38)23-14-32-36(4)19(23)3)27(39)33-22-11-21(15-37-7-9-40-10-8-37)18(2)24(13-22)28(29,30)31/h5-6,11-14,16H,7-10,15H2,1-4H3,(H,33,39). The lowest BCUT2D eigenvalue weighted by Crippen LogP contribution is -2.36. The number of aryl methyl sites for hydroxylation is 2. The van der Waals surface area contributed by atoms with Gasteiger partial charge in [-0.25, -0.2) is 4.68 Å². The molecule has 0 aliphatic carbocycles. The van der Waals surface area contributed by atoms with Crippen LogP contribution in [-0.4, -0.2) is 61.9 Å². The van der Waals surface area contributed by atoms with Crippen LogP contribution >= 0.6 is 0 Å². The van der Waals surface area contributed by atoms with Crippen LogP contribution in [0.25, 0.3) is 16.9 Å². The molecule has 0 atom stereocenters. The third-order valence-corrected chi connectivity index (χ3v) is 7.30.